The zero-order valence-electron chi connectivity index (χ0n) is 9.28. The van der Waals surface area contributed by atoms with E-state index in [2.05, 4.69) is 15.3 Å². The first-order valence-electron chi connectivity index (χ1n) is 5.27. The van der Waals surface area contributed by atoms with Gasteiger partial charge in [-0.25, -0.2) is 4.98 Å². The lowest BCUT2D eigenvalue weighted by Gasteiger charge is -2.26. The van der Waals surface area contributed by atoms with Crippen LogP contribution >= 0.6 is 23.2 Å². The highest BCUT2D eigenvalue weighted by molar-refractivity contribution is 6.33. The molecule has 0 aliphatic carbocycles. The monoisotopic (exact) mass is 277 g/mol. The van der Waals surface area contributed by atoms with Crippen molar-refractivity contribution < 1.29 is 9.84 Å². The number of hydrogen-bond acceptors (Lipinski definition) is 5. The van der Waals surface area contributed by atoms with Crippen LogP contribution in [0, 0.1) is 0 Å². The van der Waals surface area contributed by atoms with E-state index in [1.54, 1.807) is 0 Å². The summed E-state index contributed by atoms with van der Waals surface area (Å²) in [4.78, 5) is 7.70. The fraction of sp³-hybridized carbons (Fsp3) is 0.600. The summed E-state index contributed by atoms with van der Waals surface area (Å²) in [6.45, 7) is 2.70. The molecule has 1 aliphatic heterocycles. The van der Waals surface area contributed by atoms with Crippen LogP contribution in [0.15, 0.2) is 6.20 Å². The van der Waals surface area contributed by atoms with E-state index in [9.17, 15) is 5.11 Å². The molecule has 2 atom stereocenters. The Hall–Kier alpha value is -0.620. The highest BCUT2D eigenvalue weighted by Gasteiger charge is 2.39. The maximum absolute atomic E-state index is 10.3. The Labute approximate surface area is 109 Å². The molecule has 0 aromatic carbocycles. The molecule has 0 radical (unpaired) electrons. The molecule has 0 saturated carbocycles. The third kappa shape index (κ3) is 2.80. The first kappa shape index (κ1) is 12.8. The van der Waals surface area contributed by atoms with Crippen molar-refractivity contribution in [3.05, 3.63) is 16.5 Å². The highest BCUT2D eigenvalue weighted by Crippen LogP contribution is 2.27. The van der Waals surface area contributed by atoms with E-state index in [1.807, 2.05) is 6.92 Å². The van der Waals surface area contributed by atoms with Crippen LogP contribution in [0.5, 0.6) is 0 Å². The third-order valence-corrected chi connectivity index (χ3v) is 3.39. The molecule has 2 rings (SSSR count). The van der Waals surface area contributed by atoms with Crippen molar-refractivity contribution in [2.75, 3.05) is 18.5 Å². The molecule has 1 fully saturated rings. The summed E-state index contributed by atoms with van der Waals surface area (Å²) >= 11 is 11.6. The second kappa shape index (κ2) is 4.94. The van der Waals surface area contributed by atoms with E-state index >= 15 is 0 Å². The van der Waals surface area contributed by atoms with Crippen LogP contribution in [0.2, 0.25) is 10.3 Å². The molecule has 17 heavy (non-hydrogen) atoms. The Morgan fingerprint density at radius 3 is 3.06 bits per heavy atom. The predicted molar refractivity (Wildman–Crippen MR) is 65.5 cm³/mol. The average Bonchev–Trinajstić information content (AvgIpc) is 2.61. The van der Waals surface area contributed by atoms with Gasteiger partial charge in [-0.15, -0.1) is 0 Å². The Balaban J connectivity index is 2.04. The number of aromatic nitrogens is 2. The fourth-order valence-corrected chi connectivity index (χ4v) is 2.00. The minimum atomic E-state index is -0.902. The van der Waals surface area contributed by atoms with Crippen molar-refractivity contribution in [2.24, 2.45) is 0 Å². The maximum Gasteiger partial charge on any atom is 0.224 e. The molecule has 5 nitrogen and oxygen atoms in total. The van der Waals surface area contributed by atoms with Crippen LogP contribution in [0.4, 0.5) is 5.82 Å². The van der Waals surface area contributed by atoms with E-state index < -0.39 is 5.60 Å². The van der Waals surface area contributed by atoms with Crippen LogP contribution in [0.1, 0.15) is 13.3 Å². The van der Waals surface area contributed by atoms with Gasteiger partial charge in [-0.05, 0) is 18.5 Å². The zero-order chi connectivity index (χ0) is 12.5. The number of hydrogen-bond donors (Lipinski definition) is 2. The number of anilines is 1. The van der Waals surface area contributed by atoms with Gasteiger partial charge in [0.15, 0.2) is 0 Å². The number of nitrogens with one attached hydrogen (secondary N) is 1. The van der Waals surface area contributed by atoms with Gasteiger partial charge in [0.25, 0.3) is 0 Å². The van der Waals surface area contributed by atoms with Gasteiger partial charge in [0.05, 0.1) is 12.3 Å². The lowest BCUT2D eigenvalue weighted by atomic mass is 9.97. The van der Waals surface area contributed by atoms with Crippen LogP contribution in [-0.4, -0.2) is 39.9 Å². The summed E-state index contributed by atoms with van der Waals surface area (Å²) in [5.74, 6) is 0.416. The third-order valence-electron chi connectivity index (χ3n) is 2.94. The zero-order valence-corrected chi connectivity index (χ0v) is 10.8. The van der Waals surface area contributed by atoms with Gasteiger partial charge in [-0.1, -0.05) is 11.6 Å². The molecular formula is C10H13Cl2N3O2. The van der Waals surface area contributed by atoms with E-state index in [1.165, 1.54) is 6.20 Å². The van der Waals surface area contributed by atoms with Crippen molar-refractivity contribution in [3.8, 4) is 0 Å². The molecule has 2 heterocycles. The molecular weight excluding hydrogens is 265 g/mol. The topological polar surface area (TPSA) is 67.3 Å². The van der Waals surface area contributed by atoms with Crippen molar-refractivity contribution in [3.63, 3.8) is 0 Å². The van der Waals surface area contributed by atoms with Crippen LogP contribution in [0.3, 0.4) is 0 Å². The van der Waals surface area contributed by atoms with Gasteiger partial charge in [-0.3, -0.25) is 0 Å². The normalized spacial score (nSPS) is 28.4. The van der Waals surface area contributed by atoms with Gasteiger partial charge >= 0.3 is 0 Å². The quantitative estimate of drug-likeness (QED) is 0.824. The Bertz CT molecular complexity index is 419. The number of ether oxygens (including phenoxy) is 1. The summed E-state index contributed by atoms with van der Waals surface area (Å²) in [6, 6.07) is 0. The first-order valence-corrected chi connectivity index (χ1v) is 6.03. The molecule has 2 N–H and O–H groups in total. The van der Waals surface area contributed by atoms with Gasteiger partial charge < -0.3 is 15.2 Å². The molecule has 0 bridgehead atoms. The number of nitrogens with zero attached hydrogens (tertiary/aromatic N) is 2. The summed E-state index contributed by atoms with van der Waals surface area (Å²) in [5, 5.41) is 13.7. The van der Waals surface area contributed by atoms with Crippen molar-refractivity contribution >= 4 is 29.0 Å². The maximum atomic E-state index is 10.3. The minimum absolute atomic E-state index is 0.111. The minimum Gasteiger partial charge on any atom is -0.385 e. The molecule has 1 saturated heterocycles. The van der Waals surface area contributed by atoms with Crippen LogP contribution in [0.25, 0.3) is 0 Å². The van der Waals surface area contributed by atoms with Crippen molar-refractivity contribution in [2.45, 2.75) is 25.0 Å². The number of aliphatic hydroxyl groups is 1. The summed E-state index contributed by atoms with van der Waals surface area (Å²) in [6.07, 6.45) is 1.78. The molecule has 2 unspecified atom stereocenters. The molecule has 7 heteroatoms. The van der Waals surface area contributed by atoms with Crippen molar-refractivity contribution in [1.82, 2.24) is 9.97 Å². The van der Waals surface area contributed by atoms with E-state index in [4.69, 9.17) is 27.9 Å². The second-order valence-electron chi connectivity index (χ2n) is 4.06. The van der Waals surface area contributed by atoms with E-state index in [-0.39, 0.29) is 11.4 Å². The molecule has 0 spiro atoms. The largest absolute Gasteiger partial charge is 0.385 e. The van der Waals surface area contributed by atoms with Gasteiger partial charge in [0, 0.05) is 19.6 Å². The molecule has 1 aromatic heterocycles. The van der Waals surface area contributed by atoms with E-state index in [0.717, 1.165) is 0 Å². The standard InChI is InChI=1S/C10H13Cl2N3O2/c1-6-10(16,2-3-17-6)5-14-8-7(11)4-13-9(12)15-8/h4,6,16H,2-3,5H2,1H3,(H,13,14,15). The van der Waals surface area contributed by atoms with Crippen LogP contribution in [-0.2, 0) is 4.74 Å². The SMILES string of the molecule is CC1OCCC1(O)CNc1nc(Cl)ncc1Cl. The summed E-state index contributed by atoms with van der Waals surface area (Å²) in [5.41, 5.74) is -0.902. The Morgan fingerprint density at radius 2 is 2.41 bits per heavy atom. The fourth-order valence-electron chi connectivity index (χ4n) is 1.71. The lowest BCUT2D eigenvalue weighted by Crippen LogP contribution is -2.43. The molecule has 94 valence electrons. The lowest BCUT2D eigenvalue weighted by molar-refractivity contribution is -0.0176. The van der Waals surface area contributed by atoms with Crippen molar-refractivity contribution in [1.29, 1.82) is 0 Å². The van der Waals surface area contributed by atoms with Gasteiger partial charge in [-0.2, -0.15) is 4.98 Å². The number of halogens is 2. The second-order valence-corrected chi connectivity index (χ2v) is 4.80. The predicted octanol–water partition coefficient (Wildman–Crippen LogP) is 1.74. The van der Waals surface area contributed by atoms with Gasteiger partial charge in [0.2, 0.25) is 5.28 Å². The highest BCUT2D eigenvalue weighted by atomic mass is 35.5. The molecule has 1 aromatic rings. The molecule has 1 aliphatic rings. The van der Waals surface area contributed by atoms with Crippen LogP contribution < -0.4 is 5.32 Å². The Kier molecular flexibility index (Phi) is 3.73. The smallest absolute Gasteiger partial charge is 0.224 e. The number of rotatable bonds is 3. The Morgan fingerprint density at radius 1 is 1.65 bits per heavy atom. The van der Waals surface area contributed by atoms with Gasteiger partial charge in [0.1, 0.15) is 16.4 Å². The molecule has 0 amide bonds. The summed E-state index contributed by atoms with van der Waals surface area (Å²) in [7, 11) is 0. The average molecular weight is 278 g/mol. The first-order chi connectivity index (χ1) is 8.01. The van der Waals surface area contributed by atoms with E-state index in [0.29, 0.717) is 30.4 Å². The summed E-state index contributed by atoms with van der Waals surface area (Å²) < 4.78 is 5.33.